The zero-order chi connectivity index (χ0) is 24.5. The smallest absolute Gasteiger partial charge is 0.174 e. The SMILES string of the molecule is CCOc1ccc(N2C(=S)N[C@H](c3ccccn3)[C@H]2c2cc(C)n(-c3ccccc3O)c2C)cc1. The first-order chi connectivity index (χ1) is 17.0. The van der Waals surface area contributed by atoms with Gasteiger partial charge in [-0.05, 0) is 93.1 Å². The molecule has 0 bridgehead atoms. The highest BCUT2D eigenvalue weighted by atomic mass is 32.1. The van der Waals surface area contributed by atoms with Crippen molar-refractivity contribution in [3.05, 3.63) is 102 Å². The minimum Gasteiger partial charge on any atom is -0.506 e. The molecule has 0 saturated carbocycles. The van der Waals surface area contributed by atoms with Gasteiger partial charge >= 0.3 is 0 Å². The molecule has 1 aliphatic rings. The van der Waals surface area contributed by atoms with E-state index in [1.165, 1.54) is 0 Å². The second-order valence-corrected chi connectivity index (χ2v) is 8.96. The van der Waals surface area contributed by atoms with Crippen LogP contribution < -0.4 is 15.0 Å². The number of nitrogens with zero attached hydrogens (tertiary/aromatic N) is 3. The molecule has 3 heterocycles. The number of phenolic OH excluding ortho intramolecular Hbond substituents is 1. The lowest BCUT2D eigenvalue weighted by Crippen LogP contribution is -2.29. The van der Waals surface area contributed by atoms with Gasteiger partial charge in [0.2, 0.25) is 0 Å². The van der Waals surface area contributed by atoms with E-state index in [-0.39, 0.29) is 17.8 Å². The number of hydrogen-bond donors (Lipinski definition) is 2. The van der Waals surface area contributed by atoms with E-state index >= 15 is 0 Å². The first-order valence-electron chi connectivity index (χ1n) is 11.7. The van der Waals surface area contributed by atoms with Gasteiger partial charge in [-0.15, -0.1) is 0 Å². The van der Waals surface area contributed by atoms with Gasteiger partial charge in [0.15, 0.2) is 5.11 Å². The number of thiocarbonyl (C=S) groups is 1. The summed E-state index contributed by atoms with van der Waals surface area (Å²) in [7, 11) is 0. The molecule has 1 fully saturated rings. The Morgan fingerprint density at radius 2 is 1.77 bits per heavy atom. The third-order valence-corrected chi connectivity index (χ3v) is 6.75. The van der Waals surface area contributed by atoms with Gasteiger partial charge < -0.3 is 24.6 Å². The predicted molar refractivity (Wildman–Crippen MR) is 142 cm³/mol. The van der Waals surface area contributed by atoms with Crippen LogP contribution in [0.5, 0.6) is 11.5 Å². The maximum Gasteiger partial charge on any atom is 0.174 e. The molecule has 7 heteroatoms. The van der Waals surface area contributed by atoms with E-state index in [2.05, 4.69) is 39.7 Å². The average molecular weight is 485 g/mol. The second-order valence-electron chi connectivity index (χ2n) is 8.57. The number of nitrogens with one attached hydrogen (secondary N) is 1. The summed E-state index contributed by atoms with van der Waals surface area (Å²) < 4.78 is 7.74. The van der Waals surface area contributed by atoms with Gasteiger partial charge in [-0.3, -0.25) is 4.98 Å². The minimum absolute atomic E-state index is 0.138. The number of rotatable bonds is 6. The molecule has 0 aliphatic carbocycles. The van der Waals surface area contributed by atoms with Gasteiger partial charge in [0, 0.05) is 23.3 Å². The molecule has 1 saturated heterocycles. The van der Waals surface area contributed by atoms with Crippen LogP contribution in [-0.4, -0.2) is 26.4 Å². The van der Waals surface area contributed by atoms with Crippen LogP contribution in [-0.2, 0) is 0 Å². The Morgan fingerprint density at radius 3 is 2.46 bits per heavy atom. The molecule has 0 unspecified atom stereocenters. The van der Waals surface area contributed by atoms with Gasteiger partial charge in [-0.1, -0.05) is 18.2 Å². The van der Waals surface area contributed by atoms with Gasteiger partial charge in [-0.25, -0.2) is 0 Å². The monoisotopic (exact) mass is 484 g/mol. The van der Waals surface area contributed by atoms with E-state index in [9.17, 15) is 5.11 Å². The fraction of sp³-hybridized carbons (Fsp3) is 0.214. The first kappa shape index (κ1) is 22.9. The highest BCUT2D eigenvalue weighted by Crippen LogP contribution is 2.44. The minimum atomic E-state index is -0.145. The molecule has 0 spiro atoms. The van der Waals surface area contributed by atoms with Crippen molar-refractivity contribution in [1.29, 1.82) is 0 Å². The summed E-state index contributed by atoms with van der Waals surface area (Å²) in [6.45, 7) is 6.73. The number of pyridine rings is 1. The summed E-state index contributed by atoms with van der Waals surface area (Å²) in [6, 6.07) is 23.3. The van der Waals surface area contributed by atoms with Crippen LogP contribution in [0.3, 0.4) is 0 Å². The first-order valence-corrected chi connectivity index (χ1v) is 12.1. The Balaban J connectivity index is 1.65. The summed E-state index contributed by atoms with van der Waals surface area (Å²) in [4.78, 5) is 6.81. The van der Waals surface area contributed by atoms with E-state index in [4.69, 9.17) is 17.0 Å². The molecule has 2 aromatic heterocycles. The number of phenols is 1. The number of para-hydroxylation sites is 2. The number of anilines is 1. The Bertz CT molecular complexity index is 1350. The van der Waals surface area contributed by atoms with Crippen molar-refractivity contribution in [3.63, 3.8) is 0 Å². The van der Waals surface area contributed by atoms with Crippen molar-refractivity contribution >= 4 is 23.0 Å². The molecule has 2 atom stereocenters. The maximum absolute atomic E-state index is 10.6. The molecule has 0 radical (unpaired) electrons. The number of aromatic hydroxyl groups is 1. The van der Waals surface area contributed by atoms with E-state index < -0.39 is 0 Å². The number of hydrogen-bond acceptors (Lipinski definition) is 4. The number of aromatic nitrogens is 2. The predicted octanol–water partition coefficient (Wildman–Crippen LogP) is 5.77. The van der Waals surface area contributed by atoms with Crippen molar-refractivity contribution in [1.82, 2.24) is 14.9 Å². The zero-order valence-electron chi connectivity index (χ0n) is 20.0. The van der Waals surface area contributed by atoms with Crippen LogP contribution in [0.2, 0.25) is 0 Å². The Morgan fingerprint density at radius 1 is 1.03 bits per heavy atom. The van der Waals surface area contributed by atoms with Gasteiger partial charge in [-0.2, -0.15) is 0 Å². The van der Waals surface area contributed by atoms with Crippen molar-refractivity contribution < 1.29 is 9.84 Å². The third-order valence-electron chi connectivity index (χ3n) is 6.44. The molecule has 2 N–H and O–H groups in total. The normalized spacial score (nSPS) is 17.5. The summed E-state index contributed by atoms with van der Waals surface area (Å²) in [5.41, 5.74) is 5.83. The zero-order valence-corrected chi connectivity index (χ0v) is 20.8. The van der Waals surface area contributed by atoms with Crippen LogP contribution in [0.1, 0.15) is 41.7 Å². The molecular weight excluding hydrogens is 456 g/mol. The van der Waals surface area contributed by atoms with E-state index in [0.29, 0.717) is 11.7 Å². The third kappa shape index (κ3) is 4.12. The molecular formula is C28H28N4O2S. The molecule has 5 rings (SSSR count). The molecule has 2 aromatic carbocycles. The summed E-state index contributed by atoms with van der Waals surface area (Å²) >= 11 is 5.87. The fourth-order valence-corrected chi connectivity index (χ4v) is 5.28. The lowest BCUT2D eigenvalue weighted by atomic mass is 9.96. The van der Waals surface area contributed by atoms with Crippen molar-refractivity contribution in [2.45, 2.75) is 32.9 Å². The van der Waals surface area contributed by atoms with E-state index in [0.717, 1.165) is 39.8 Å². The summed E-state index contributed by atoms with van der Waals surface area (Å²) in [5, 5.41) is 14.7. The van der Waals surface area contributed by atoms with Gasteiger partial charge in [0.05, 0.1) is 30.1 Å². The number of ether oxygens (including phenoxy) is 1. The topological polar surface area (TPSA) is 62.5 Å². The van der Waals surface area contributed by atoms with Crippen molar-refractivity contribution in [2.24, 2.45) is 0 Å². The Hall–Kier alpha value is -3.84. The highest BCUT2D eigenvalue weighted by Gasteiger charge is 2.42. The van der Waals surface area contributed by atoms with Crippen LogP contribution in [0.15, 0.2) is 79.0 Å². The fourth-order valence-electron chi connectivity index (χ4n) is 4.93. The van der Waals surface area contributed by atoms with E-state index in [1.54, 1.807) is 6.07 Å². The van der Waals surface area contributed by atoms with E-state index in [1.807, 2.05) is 73.8 Å². The van der Waals surface area contributed by atoms with Gasteiger partial charge in [0.25, 0.3) is 0 Å². The van der Waals surface area contributed by atoms with Crippen molar-refractivity contribution in [2.75, 3.05) is 11.5 Å². The number of benzene rings is 2. The van der Waals surface area contributed by atoms with Crippen LogP contribution in [0, 0.1) is 13.8 Å². The standard InChI is InChI=1S/C28H28N4O2S/c1-4-34-21-14-12-20(13-15-21)32-27(26(30-28(32)35)23-9-7-8-16-29-23)22-17-18(2)31(19(22)3)24-10-5-6-11-25(24)33/h5-17,26-27,33H,4H2,1-3H3,(H,30,35)/t26-,27-/m1/s1. The lowest BCUT2D eigenvalue weighted by Gasteiger charge is -2.28. The largest absolute Gasteiger partial charge is 0.506 e. The molecule has 4 aromatic rings. The number of aryl methyl sites for hydroxylation is 1. The maximum atomic E-state index is 10.6. The average Bonchev–Trinajstić information content (AvgIpc) is 3.36. The van der Waals surface area contributed by atoms with Gasteiger partial charge in [0.1, 0.15) is 11.5 Å². The summed E-state index contributed by atoms with van der Waals surface area (Å²) in [5.74, 6) is 1.07. The molecule has 1 aliphatic heterocycles. The van der Waals surface area contributed by atoms with Crippen LogP contribution in [0.4, 0.5) is 5.69 Å². The van der Waals surface area contributed by atoms with Crippen LogP contribution in [0.25, 0.3) is 5.69 Å². The lowest BCUT2D eigenvalue weighted by molar-refractivity contribution is 0.340. The Labute approximate surface area is 210 Å². The molecule has 178 valence electrons. The Kier molecular flexibility index (Phi) is 6.17. The van der Waals surface area contributed by atoms with Crippen molar-refractivity contribution in [3.8, 4) is 17.2 Å². The van der Waals surface area contributed by atoms with Crippen LogP contribution >= 0.6 is 12.2 Å². The second kappa shape index (κ2) is 9.43. The molecule has 35 heavy (non-hydrogen) atoms. The molecule has 6 nitrogen and oxygen atoms in total. The highest BCUT2D eigenvalue weighted by molar-refractivity contribution is 7.80. The quantitative estimate of drug-likeness (QED) is 0.339. The molecule has 0 amide bonds. The summed E-state index contributed by atoms with van der Waals surface area (Å²) in [6.07, 6.45) is 1.81.